The molecule has 0 unspecified atom stereocenters. The fraction of sp³-hybridized carbons (Fsp3) is 0.458. The predicted molar refractivity (Wildman–Crippen MR) is 142 cm³/mol. The lowest BCUT2D eigenvalue weighted by Gasteiger charge is -2.16. The predicted octanol–water partition coefficient (Wildman–Crippen LogP) is 3.30. The van der Waals surface area contributed by atoms with Crippen LogP contribution in [-0.4, -0.2) is 62.0 Å². The molecule has 1 fully saturated rings. The number of carbonyl (C=O) groups excluding carboxylic acids is 1. The van der Waals surface area contributed by atoms with Crippen LogP contribution in [0.15, 0.2) is 47.6 Å². The molecule has 2 aromatic rings. The summed E-state index contributed by atoms with van der Waals surface area (Å²) in [5, 5.41) is 6.70. The Morgan fingerprint density at radius 1 is 1.12 bits per heavy atom. The Morgan fingerprint density at radius 2 is 1.91 bits per heavy atom. The quantitative estimate of drug-likeness (QED) is 0.300. The number of amides is 1. The maximum Gasteiger partial charge on any atom is 0.253 e. The molecule has 1 aromatic heterocycles. The molecule has 0 bridgehead atoms. The summed E-state index contributed by atoms with van der Waals surface area (Å²) in [6.45, 7) is 6.38. The van der Waals surface area contributed by atoms with Crippen molar-refractivity contribution in [2.75, 3.05) is 45.2 Å². The molecule has 2 heterocycles. The van der Waals surface area contributed by atoms with Crippen LogP contribution in [0.5, 0.6) is 0 Å². The van der Waals surface area contributed by atoms with Gasteiger partial charge in [-0.15, -0.1) is 24.0 Å². The third kappa shape index (κ3) is 7.65. The third-order valence-corrected chi connectivity index (χ3v) is 5.29. The molecule has 8 heteroatoms. The van der Waals surface area contributed by atoms with Crippen LogP contribution in [0, 0.1) is 0 Å². The van der Waals surface area contributed by atoms with E-state index in [-0.39, 0.29) is 29.9 Å². The molecule has 3 rings (SSSR count). The molecule has 1 aromatic carbocycles. The van der Waals surface area contributed by atoms with Crippen LogP contribution < -0.4 is 15.5 Å². The number of benzene rings is 1. The molecule has 1 aliphatic heterocycles. The van der Waals surface area contributed by atoms with Crippen molar-refractivity contribution >= 4 is 41.7 Å². The van der Waals surface area contributed by atoms with Crippen LogP contribution >= 0.6 is 24.0 Å². The first kappa shape index (κ1) is 25.9. The third-order valence-electron chi connectivity index (χ3n) is 5.29. The van der Waals surface area contributed by atoms with Gasteiger partial charge in [0.25, 0.3) is 5.91 Å². The van der Waals surface area contributed by atoms with Gasteiger partial charge in [0.2, 0.25) is 0 Å². The number of pyridine rings is 1. The van der Waals surface area contributed by atoms with E-state index in [1.54, 1.807) is 19.0 Å². The number of nitrogens with one attached hydrogen (secondary N) is 2. The monoisotopic (exact) mass is 550 g/mol. The topological polar surface area (TPSA) is 72.9 Å². The Bertz CT molecular complexity index is 896. The number of halogens is 1. The summed E-state index contributed by atoms with van der Waals surface area (Å²) in [4.78, 5) is 25.4. The van der Waals surface area contributed by atoms with E-state index >= 15 is 0 Å². The summed E-state index contributed by atoms with van der Waals surface area (Å²) in [6.07, 6.45) is 5.17. The molecule has 0 radical (unpaired) electrons. The second-order valence-electron chi connectivity index (χ2n) is 7.99. The van der Waals surface area contributed by atoms with Crippen LogP contribution in [0.25, 0.3) is 0 Å². The average Bonchev–Trinajstić information content (AvgIpc) is 3.32. The van der Waals surface area contributed by atoms with E-state index in [9.17, 15) is 4.79 Å². The minimum Gasteiger partial charge on any atom is -0.357 e. The molecule has 7 nitrogen and oxygen atoms in total. The van der Waals surface area contributed by atoms with Crippen molar-refractivity contribution in [3.05, 3.63) is 59.3 Å². The van der Waals surface area contributed by atoms with E-state index in [1.807, 2.05) is 30.5 Å². The van der Waals surface area contributed by atoms with E-state index < -0.39 is 0 Å². The van der Waals surface area contributed by atoms with E-state index in [0.29, 0.717) is 6.54 Å². The molecule has 2 N–H and O–H groups in total. The van der Waals surface area contributed by atoms with E-state index in [1.165, 1.54) is 12.8 Å². The van der Waals surface area contributed by atoms with Gasteiger partial charge in [-0.2, -0.15) is 0 Å². The first-order valence-corrected chi connectivity index (χ1v) is 11.1. The minimum absolute atomic E-state index is 0. The second kappa shape index (κ2) is 13.2. The number of carbonyl (C=O) groups is 1. The van der Waals surface area contributed by atoms with Gasteiger partial charge in [0.05, 0.1) is 6.54 Å². The molecule has 0 aliphatic carbocycles. The van der Waals surface area contributed by atoms with Gasteiger partial charge < -0.3 is 20.4 Å². The minimum atomic E-state index is 0. The highest BCUT2D eigenvalue weighted by atomic mass is 127. The first-order valence-electron chi connectivity index (χ1n) is 11.1. The molecule has 0 spiro atoms. The van der Waals surface area contributed by atoms with Gasteiger partial charge in [0.15, 0.2) is 5.96 Å². The maximum atomic E-state index is 12.2. The Hall–Kier alpha value is -2.36. The van der Waals surface area contributed by atoms with Crippen molar-refractivity contribution in [2.24, 2.45) is 4.99 Å². The number of aromatic nitrogens is 1. The van der Waals surface area contributed by atoms with Gasteiger partial charge >= 0.3 is 0 Å². The molecule has 1 saturated heterocycles. The largest absolute Gasteiger partial charge is 0.357 e. The number of guanidine groups is 1. The number of hydrogen-bond donors (Lipinski definition) is 2. The lowest BCUT2D eigenvalue weighted by molar-refractivity contribution is 0.0827. The maximum absolute atomic E-state index is 12.2. The summed E-state index contributed by atoms with van der Waals surface area (Å²) >= 11 is 0. The molecule has 32 heavy (non-hydrogen) atoms. The molecular formula is C24H35IN6O. The van der Waals surface area contributed by atoms with Gasteiger partial charge in [-0.25, -0.2) is 9.98 Å². The number of aliphatic imine (C=N–C) groups is 1. The smallest absolute Gasteiger partial charge is 0.253 e. The Morgan fingerprint density at radius 3 is 2.62 bits per heavy atom. The summed E-state index contributed by atoms with van der Waals surface area (Å²) in [7, 11) is 3.54. The Kier molecular flexibility index (Phi) is 10.7. The first-order chi connectivity index (χ1) is 15.1. The number of nitrogens with zero attached hydrogens (tertiary/aromatic N) is 4. The standard InChI is InChI=1S/C24H34N6O.HI/c1-4-25-24(27-13-10-19-8-7-9-21(16-19)23(31)29(2)3)28-18-20-11-12-26-22(17-20)30-14-5-6-15-30;/h7-9,11-12,16-17H,4-6,10,13-15,18H2,1-3H3,(H2,25,27,28);1H. The summed E-state index contributed by atoms with van der Waals surface area (Å²) < 4.78 is 0. The Balaban J connectivity index is 0.00000363. The number of rotatable bonds is 8. The average molecular weight is 550 g/mol. The fourth-order valence-electron chi connectivity index (χ4n) is 3.63. The highest BCUT2D eigenvalue weighted by molar-refractivity contribution is 14.0. The van der Waals surface area contributed by atoms with Crippen LogP contribution in [-0.2, 0) is 13.0 Å². The lowest BCUT2D eigenvalue weighted by Crippen LogP contribution is -2.38. The van der Waals surface area contributed by atoms with Crippen molar-refractivity contribution < 1.29 is 4.79 Å². The van der Waals surface area contributed by atoms with Crippen LogP contribution in [0.2, 0.25) is 0 Å². The van der Waals surface area contributed by atoms with Crippen molar-refractivity contribution in [2.45, 2.75) is 32.7 Å². The number of hydrogen-bond acceptors (Lipinski definition) is 4. The zero-order valence-electron chi connectivity index (χ0n) is 19.3. The molecule has 1 amide bonds. The fourth-order valence-corrected chi connectivity index (χ4v) is 3.63. The van der Waals surface area contributed by atoms with Crippen molar-refractivity contribution in [3.8, 4) is 0 Å². The highest BCUT2D eigenvalue weighted by Gasteiger charge is 2.13. The van der Waals surface area contributed by atoms with Gasteiger partial charge in [-0.1, -0.05) is 12.1 Å². The van der Waals surface area contributed by atoms with Gasteiger partial charge in [-0.3, -0.25) is 4.79 Å². The van der Waals surface area contributed by atoms with Crippen LogP contribution in [0.4, 0.5) is 5.82 Å². The van der Waals surface area contributed by atoms with Crippen LogP contribution in [0.1, 0.15) is 41.3 Å². The van der Waals surface area contributed by atoms with Crippen molar-refractivity contribution in [3.63, 3.8) is 0 Å². The van der Waals surface area contributed by atoms with Gasteiger partial charge in [0, 0.05) is 52.0 Å². The number of anilines is 1. The molecule has 1 aliphatic rings. The Labute approximate surface area is 208 Å². The van der Waals surface area contributed by atoms with Crippen molar-refractivity contribution in [1.29, 1.82) is 0 Å². The zero-order chi connectivity index (χ0) is 22.1. The van der Waals surface area contributed by atoms with E-state index in [0.717, 1.165) is 61.1 Å². The SMILES string of the molecule is CCNC(=NCc1ccnc(N2CCCC2)c1)NCCc1cccc(C(=O)N(C)C)c1.I. The summed E-state index contributed by atoms with van der Waals surface area (Å²) in [5.74, 6) is 1.87. The summed E-state index contributed by atoms with van der Waals surface area (Å²) in [5.41, 5.74) is 3.00. The van der Waals surface area contributed by atoms with Gasteiger partial charge in [0.1, 0.15) is 5.82 Å². The molecular weight excluding hydrogens is 515 g/mol. The second-order valence-corrected chi connectivity index (χ2v) is 7.99. The molecule has 174 valence electrons. The van der Waals surface area contributed by atoms with E-state index in [2.05, 4.69) is 39.6 Å². The zero-order valence-corrected chi connectivity index (χ0v) is 21.6. The van der Waals surface area contributed by atoms with Gasteiger partial charge in [-0.05, 0) is 61.6 Å². The van der Waals surface area contributed by atoms with Crippen molar-refractivity contribution in [1.82, 2.24) is 20.5 Å². The molecule has 0 saturated carbocycles. The highest BCUT2D eigenvalue weighted by Crippen LogP contribution is 2.18. The van der Waals surface area contributed by atoms with Crippen LogP contribution in [0.3, 0.4) is 0 Å². The van der Waals surface area contributed by atoms with E-state index in [4.69, 9.17) is 4.99 Å². The lowest BCUT2D eigenvalue weighted by atomic mass is 10.1. The molecule has 0 atom stereocenters. The normalized spacial score (nSPS) is 13.5. The summed E-state index contributed by atoms with van der Waals surface area (Å²) in [6, 6.07) is 12.0.